The van der Waals surface area contributed by atoms with E-state index in [0.717, 1.165) is 18.6 Å². The largest absolute Gasteiger partial charge is 0.341 e. The highest BCUT2D eigenvalue weighted by Gasteiger charge is 2.33. The summed E-state index contributed by atoms with van der Waals surface area (Å²) in [6.07, 6.45) is 7.22. The van der Waals surface area contributed by atoms with Crippen molar-refractivity contribution in [1.29, 1.82) is 0 Å². The highest BCUT2D eigenvalue weighted by molar-refractivity contribution is 9.09. The molecular weight excluding hydrogens is 286 g/mol. The maximum atomic E-state index is 12.3. The molecule has 16 heavy (non-hydrogen) atoms. The second-order valence-electron chi connectivity index (χ2n) is 4.82. The van der Waals surface area contributed by atoms with E-state index in [9.17, 15) is 4.79 Å². The fourth-order valence-corrected chi connectivity index (χ4v) is 4.87. The number of carbonyl (C=O) groups is 1. The monoisotopic (exact) mass is 305 g/mol. The van der Waals surface area contributed by atoms with E-state index >= 15 is 0 Å². The summed E-state index contributed by atoms with van der Waals surface area (Å²) < 4.78 is 0. The molecule has 2 rings (SSSR count). The van der Waals surface area contributed by atoms with Crippen LogP contribution >= 0.6 is 27.7 Å². The maximum absolute atomic E-state index is 12.3. The van der Waals surface area contributed by atoms with Crippen LogP contribution in [0, 0.1) is 0 Å². The van der Waals surface area contributed by atoms with Gasteiger partial charge in [-0.05, 0) is 31.4 Å². The average Bonchev–Trinajstić information content (AvgIpc) is 2.81. The Kier molecular flexibility index (Phi) is 4.59. The van der Waals surface area contributed by atoms with Crippen molar-refractivity contribution in [1.82, 2.24) is 4.90 Å². The second-order valence-corrected chi connectivity index (χ2v) is 7.31. The van der Waals surface area contributed by atoms with Crippen LogP contribution in [-0.4, -0.2) is 39.7 Å². The van der Waals surface area contributed by atoms with E-state index in [1.165, 1.54) is 25.7 Å². The van der Waals surface area contributed by atoms with Crippen LogP contribution in [-0.2, 0) is 4.79 Å². The lowest BCUT2D eigenvalue weighted by molar-refractivity contribution is -0.131. The molecule has 1 saturated carbocycles. The van der Waals surface area contributed by atoms with E-state index in [1.54, 1.807) is 0 Å². The zero-order valence-corrected chi connectivity index (χ0v) is 12.2. The Labute approximate surface area is 111 Å². The number of hydrogen-bond acceptors (Lipinski definition) is 2. The summed E-state index contributed by atoms with van der Waals surface area (Å²) in [7, 11) is 1.99. The minimum atomic E-state index is 0.242. The molecule has 2 nitrogen and oxygen atoms in total. The van der Waals surface area contributed by atoms with Crippen molar-refractivity contribution in [2.45, 2.75) is 54.6 Å². The lowest BCUT2D eigenvalue weighted by Gasteiger charge is -2.36. The molecule has 2 fully saturated rings. The molecule has 3 atom stereocenters. The predicted octanol–water partition coefficient (Wildman–Crippen LogP) is 3.05. The molecule has 1 heterocycles. The van der Waals surface area contributed by atoms with Crippen molar-refractivity contribution in [3.8, 4) is 0 Å². The first-order chi connectivity index (χ1) is 7.70. The minimum absolute atomic E-state index is 0.242. The van der Waals surface area contributed by atoms with Crippen molar-refractivity contribution in [2.75, 3.05) is 12.8 Å². The van der Waals surface area contributed by atoms with Gasteiger partial charge in [0.2, 0.25) is 5.91 Å². The van der Waals surface area contributed by atoms with Crippen LogP contribution in [0.5, 0.6) is 0 Å². The van der Waals surface area contributed by atoms with Crippen LogP contribution in [0.1, 0.15) is 38.5 Å². The number of amides is 1. The number of hydrogen-bond donors (Lipinski definition) is 0. The smallest absolute Gasteiger partial charge is 0.235 e. The van der Waals surface area contributed by atoms with Crippen molar-refractivity contribution in [3.63, 3.8) is 0 Å². The summed E-state index contributed by atoms with van der Waals surface area (Å²) >= 11 is 5.57. The van der Waals surface area contributed by atoms with Crippen LogP contribution in [0.15, 0.2) is 0 Å². The number of rotatable bonds is 2. The lowest BCUT2D eigenvalue weighted by Crippen LogP contribution is -2.46. The van der Waals surface area contributed by atoms with Crippen LogP contribution in [0.2, 0.25) is 0 Å². The average molecular weight is 306 g/mol. The summed E-state index contributed by atoms with van der Waals surface area (Å²) in [5.74, 6) is 1.52. The normalized spacial score (nSPS) is 35.0. The molecule has 0 radical (unpaired) electrons. The van der Waals surface area contributed by atoms with Crippen LogP contribution in [0.4, 0.5) is 0 Å². The topological polar surface area (TPSA) is 20.3 Å². The van der Waals surface area contributed by atoms with Crippen molar-refractivity contribution in [2.24, 2.45) is 0 Å². The van der Waals surface area contributed by atoms with Crippen molar-refractivity contribution < 1.29 is 4.79 Å². The number of alkyl halides is 1. The first kappa shape index (κ1) is 12.7. The SMILES string of the molecule is CN(C(=O)C1CCCS1)C1CCCCC1Br. The van der Waals surface area contributed by atoms with E-state index in [-0.39, 0.29) is 5.25 Å². The summed E-state index contributed by atoms with van der Waals surface area (Å²) in [6, 6.07) is 0.419. The Bertz CT molecular complexity index is 255. The standard InChI is InChI=1S/C12H20BrNOS/c1-14(10-6-3-2-5-9(10)13)12(15)11-7-4-8-16-11/h9-11H,2-8H2,1H3. The van der Waals surface area contributed by atoms with Gasteiger partial charge < -0.3 is 4.90 Å². The first-order valence-corrected chi connectivity index (χ1v) is 8.19. The van der Waals surface area contributed by atoms with E-state index in [0.29, 0.717) is 16.8 Å². The summed E-state index contributed by atoms with van der Waals surface area (Å²) in [4.78, 5) is 14.8. The number of thioether (sulfide) groups is 1. The van der Waals surface area contributed by atoms with Crippen molar-refractivity contribution >= 4 is 33.6 Å². The van der Waals surface area contributed by atoms with Gasteiger partial charge in [-0.1, -0.05) is 28.8 Å². The van der Waals surface area contributed by atoms with E-state index < -0.39 is 0 Å². The zero-order valence-electron chi connectivity index (χ0n) is 9.82. The molecule has 1 saturated heterocycles. The second kappa shape index (κ2) is 5.76. The molecule has 4 heteroatoms. The number of nitrogens with zero attached hydrogens (tertiary/aromatic N) is 1. The fourth-order valence-electron chi connectivity index (χ4n) is 2.67. The van der Waals surface area contributed by atoms with Crippen LogP contribution in [0.25, 0.3) is 0 Å². The lowest BCUT2D eigenvalue weighted by atomic mass is 9.94. The Morgan fingerprint density at radius 3 is 2.62 bits per heavy atom. The third-order valence-corrected chi connectivity index (χ3v) is 6.13. The van der Waals surface area contributed by atoms with Gasteiger partial charge >= 0.3 is 0 Å². The molecular formula is C12H20BrNOS. The predicted molar refractivity (Wildman–Crippen MR) is 73.2 cm³/mol. The van der Waals surface area contributed by atoms with Gasteiger partial charge in [-0.25, -0.2) is 0 Å². The van der Waals surface area contributed by atoms with Gasteiger partial charge in [0, 0.05) is 17.9 Å². The molecule has 2 aliphatic rings. The summed E-state index contributed by atoms with van der Waals surface area (Å²) in [6.45, 7) is 0. The molecule has 0 aromatic heterocycles. The molecule has 92 valence electrons. The van der Waals surface area contributed by atoms with Gasteiger partial charge in [-0.3, -0.25) is 4.79 Å². The highest BCUT2D eigenvalue weighted by atomic mass is 79.9. The summed E-state index contributed by atoms with van der Waals surface area (Å²) in [5.41, 5.74) is 0. The number of halogens is 1. The molecule has 0 bridgehead atoms. The first-order valence-electron chi connectivity index (χ1n) is 6.22. The molecule has 1 aliphatic carbocycles. The van der Waals surface area contributed by atoms with Gasteiger partial charge in [0.25, 0.3) is 0 Å². The van der Waals surface area contributed by atoms with Gasteiger partial charge in [0.15, 0.2) is 0 Å². The van der Waals surface area contributed by atoms with E-state index in [1.807, 2.05) is 23.7 Å². The van der Waals surface area contributed by atoms with Crippen LogP contribution < -0.4 is 0 Å². The van der Waals surface area contributed by atoms with Crippen molar-refractivity contribution in [3.05, 3.63) is 0 Å². The Morgan fingerprint density at radius 2 is 2.00 bits per heavy atom. The molecule has 0 aromatic rings. The molecule has 3 unspecified atom stereocenters. The van der Waals surface area contributed by atoms with Gasteiger partial charge in [0.1, 0.15) is 0 Å². The van der Waals surface area contributed by atoms with Gasteiger partial charge in [0.05, 0.1) is 5.25 Å². The molecule has 0 N–H and O–H groups in total. The minimum Gasteiger partial charge on any atom is -0.341 e. The number of carbonyl (C=O) groups excluding carboxylic acids is 1. The maximum Gasteiger partial charge on any atom is 0.235 e. The highest BCUT2D eigenvalue weighted by Crippen LogP contribution is 2.32. The van der Waals surface area contributed by atoms with E-state index in [2.05, 4.69) is 15.9 Å². The third-order valence-electron chi connectivity index (χ3n) is 3.70. The molecule has 1 amide bonds. The van der Waals surface area contributed by atoms with Crippen LogP contribution in [0.3, 0.4) is 0 Å². The zero-order chi connectivity index (χ0) is 11.5. The van der Waals surface area contributed by atoms with Gasteiger partial charge in [-0.15, -0.1) is 11.8 Å². The quantitative estimate of drug-likeness (QED) is 0.731. The third kappa shape index (κ3) is 2.76. The molecule has 0 aromatic carbocycles. The Morgan fingerprint density at radius 1 is 1.25 bits per heavy atom. The molecule has 0 spiro atoms. The fraction of sp³-hybridized carbons (Fsp3) is 0.917. The Balaban J connectivity index is 1.94. The van der Waals surface area contributed by atoms with Gasteiger partial charge in [-0.2, -0.15) is 0 Å². The Hall–Kier alpha value is 0.300. The van der Waals surface area contributed by atoms with E-state index in [4.69, 9.17) is 0 Å². The summed E-state index contributed by atoms with van der Waals surface area (Å²) in [5, 5.41) is 0.242. The molecule has 1 aliphatic heterocycles.